The average Bonchev–Trinajstić information content (AvgIpc) is 2.81. The minimum atomic E-state index is -8.81. The molecule has 0 aromatic heterocycles. The first kappa shape index (κ1) is 36.4. The second-order valence-electron chi connectivity index (χ2n) is 9.92. The zero-order valence-corrected chi connectivity index (χ0v) is 21.8. The van der Waals surface area contributed by atoms with Crippen LogP contribution in [0.2, 0.25) is 0 Å². The molecule has 0 fully saturated rings. The Morgan fingerprint density at radius 2 is 0.442 bits per heavy atom. The van der Waals surface area contributed by atoms with Crippen LogP contribution in [0.15, 0.2) is 36.4 Å². The summed E-state index contributed by atoms with van der Waals surface area (Å²) in [6.45, 7) is 3.56. The third-order valence-corrected chi connectivity index (χ3v) is 6.32. The quantitative estimate of drug-likeness (QED) is 0.223. The van der Waals surface area contributed by atoms with E-state index in [4.69, 9.17) is 0 Å². The Morgan fingerprint density at radius 3 is 0.628 bits per heavy atom. The molecule has 0 aliphatic rings. The molecule has 0 aliphatic carbocycles. The summed E-state index contributed by atoms with van der Waals surface area (Å²) >= 11 is 0. The zero-order chi connectivity index (χ0) is 34.2. The normalized spacial score (nSPS) is 15.2. The highest BCUT2D eigenvalue weighted by Crippen LogP contribution is 2.66. The zero-order valence-electron chi connectivity index (χ0n) is 21.8. The second-order valence-corrected chi connectivity index (χ2v) is 9.92. The van der Waals surface area contributed by atoms with Gasteiger partial charge in [-0.15, -0.1) is 0 Å². The maximum atomic E-state index is 14.5. The van der Waals surface area contributed by atoms with Crippen LogP contribution in [-0.2, 0) is 11.8 Å². The van der Waals surface area contributed by atoms with Gasteiger partial charge in [0.15, 0.2) is 0 Å². The van der Waals surface area contributed by atoms with Crippen LogP contribution in [0.5, 0.6) is 0 Å². The van der Waals surface area contributed by atoms with Crippen molar-refractivity contribution in [3.63, 3.8) is 0 Å². The van der Waals surface area contributed by atoms with Crippen LogP contribution in [0.3, 0.4) is 0 Å². The van der Waals surface area contributed by atoms with Crippen molar-refractivity contribution in [2.45, 2.75) is 81.0 Å². The molecule has 0 aliphatic heterocycles. The molecule has 0 unspecified atom stereocenters. The van der Waals surface area contributed by atoms with Crippen LogP contribution < -0.4 is 0 Å². The molecule has 0 radical (unpaired) electrons. The Labute approximate surface area is 230 Å². The van der Waals surface area contributed by atoms with E-state index >= 15 is 0 Å². The van der Waals surface area contributed by atoms with Gasteiger partial charge in [0.2, 0.25) is 0 Å². The SMILES string of the molecule is Cc1cc(C)cc(C(F)(F)C(F)(F)C(F)(F)C(F)(F)C(F)(F)C(F)(F)C(F)(F)C(F)(F)C(F)(F)c2cc(C)cc(C)c2)c1. The summed E-state index contributed by atoms with van der Waals surface area (Å²) in [6.07, 6.45) is 0. The van der Waals surface area contributed by atoms with Gasteiger partial charge in [0.1, 0.15) is 0 Å². The van der Waals surface area contributed by atoms with Crippen LogP contribution in [-0.4, -0.2) is 41.5 Å². The Hall–Kier alpha value is -2.82. The largest absolute Gasteiger partial charge is 0.385 e. The maximum absolute atomic E-state index is 14.5. The van der Waals surface area contributed by atoms with Gasteiger partial charge < -0.3 is 0 Å². The molecule has 0 bridgehead atoms. The first-order chi connectivity index (χ1) is 18.8. The van der Waals surface area contributed by atoms with Gasteiger partial charge in [0, 0.05) is 11.1 Å². The van der Waals surface area contributed by atoms with Crippen LogP contribution >= 0.6 is 0 Å². The molecule has 43 heavy (non-hydrogen) atoms. The fraction of sp³-hybridized carbons (Fsp3) is 0.520. The van der Waals surface area contributed by atoms with Crippen molar-refractivity contribution < 1.29 is 79.0 Å². The van der Waals surface area contributed by atoms with Gasteiger partial charge in [0.25, 0.3) is 0 Å². The summed E-state index contributed by atoms with van der Waals surface area (Å²) < 4.78 is 258. The molecule has 0 nitrogen and oxygen atoms in total. The number of benzene rings is 2. The summed E-state index contributed by atoms with van der Waals surface area (Å²) in [6, 6.07) is 1.82. The van der Waals surface area contributed by atoms with Crippen molar-refractivity contribution in [1.82, 2.24) is 0 Å². The standard InChI is InChI=1S/C25H18F18/c1-11-5-12(2)8-15(7-11)17(26,27)19(30,31)21(34,35)23(38,39)25(42,43)24(40,41)22(36,37)20(32,33)18(28,29)16-9-13(3)6-14(4)10-16/h5-10H,1-4H3. The lowest BCUT2D eigenvalue weighted by Gasteiger charge is -2.44. The highest BCUT2D eigenvalue weighted by Gasteiger charge is 2.96. The van der Waals surface area contributed by atoms with E-state index in [0.29, 0.717) is 0 Å². The molecule has 244 valence electrons. The van der Waals surface area contributed by atoms with Gasteiger partial charge in [-0.05, 0) is 52.0 Å². The summed E-state index contributed by atoms with van der Waals surface area (Å²) in [7, 11) is 0. The van der Waals surface area contributed by atoms with Crippen molar-refractivity contribution in [2.24, 2.45) is 0 Å². The van der Waals surface area contributed by atoms with E-state index in [0.717, 1.165) is 39.8 Å². The van der Waals surface area contributed by atoms with Crippen LogP contribution in [0.1, 0.15) is 33.4 Å². The van der Waals surface area contributed by atoms with Gasteiger partial charge in [0.05, 0.1) is 0 Å². The number of halogens is 18. The second kappa shape index (κ2) is 10.1. The molecule has 0 saturated carbocycles. The number of hydrogen-bond acceptors (Lipinski definition) is 0. The third kappa shape index (κ3) is 4.90. The highest BCUT2D eigenvalue weighted by atomic mass is 19.4. The van der Waals surface area contributed by atoms with Gasteiger partial charge in [-0.25, -0.2) is 0 Å². The van der Waals surface area contributed by atoms with E-state index in [1.54, 1.807) is 0 Å². The molecule has 2 aromatic rings. The predicted molar refractivity (Wildman–Crippen MR) is 114 cm³/mol. The first-order valence-electron chi connectivity index (χ1n) is 11.4. The molecule has 2 rings (SSSR count). The average molecular weight is 660 g/mol. The number of aryl methyl sites for hydroxylation is 4. The van der Waals surface area contributed by atoms with Gasteiger partial charge in [-0.2, -0.15) is 79.0 Å². The van der Waals surface area contributed by atoms with Crippen molar-refractivity contribution in [2.75, 3.05) is 0 Å². The summed E-state index contributed by atoms with van der Waals surface area (Å²) in [5, 5.41) is 0. The lowest BCUT2D eigenvalue weighted by atomic mass is 9.84. The van der Waals surface area contributed by atoms with Crippen LogP contribution in [0.4, 0.5) is 79.0 Å². The number of rotatable bonds is 10. The fourth-order valence-corrected chi connectivity index (χ4v) is 4.05. The Morgan fingerprint density at radius 1 is 0.279 bits per heavy atom. The lowest BCUT2D eigenvalue weighted by molar-refractivity contribution is -0.464. The minimum absolute atomic E-state index is 0.0221. The van der Waals surface area contributed by atoms with E-state index in [2.05, 4.69) is 0 Å². The van der Waals surface area contributed by atoms with E-state index < -0.39 is 86.7 Å². The van der Waals surface area contributed by atoms with E-state index in [-0.39, 0.29) is 24.3 Å². The van der Waals surface area contributed by atoms with Crippen molar-refractivity contribution >= 4 is 0 Å². The molecule has 18 heteroatoms. The fourth-order valence-electron chi connectivity index (χ4n) is 4.05. The molecule has 0 amide bonds. The Bertz CT molecular complexity index is 1210. The summed E-state index contributed by atoms with van der Waals surface area (Å²) in [4.78, 5) is 0. The summed E-state index contributed by atoms with van der Waals surface area (Å²) in [5.74, 6) is -72.0. The maximum Gasteiger partial charge on any atom is 0.385 e. The molecule has 0 saturated heterocycles. The number of hydrogen-bond donors (Lipinski definition) is 0. The topological polar surface area (TPSA) is 0 Å². The van der Waals surface area contributed by atoms with Crippen LogP contribution in [0.25, 0.3) is 0 Å². The lowest BCUT2D eigenvalue weighted by Crippen LogP contribution is -2.75. The van der Waals surface area contributed by atoms with Crippen molar-refractivity contribution in [3.8, 4) is 0 Å². The van der Waals surface area contributed by atoms with Crippen LogP contribution in [0, 0.1) is 27.7 Å². The van der Waals surface area contributed by atoms with Crippen molar-refractivity contribution in [1.29, 1.82) is 0 Å². The predicted octanol–water partition coefficient (Wildman–Crippen LogP) is 10.3. The Kier molecular flexibility index (Phi) is 8.55. The molecular formula is C25H18F18. The third-order valence-electron chi connectivity index (χ3n) is 6.32. The monoisotopic (exact) mass is 660 g/mol. The minimum Gasteiger partial charge on any atom is -0.194 e. The summed E-state index contributed by atoms with van der Waals surface area (Å²) in [5.41, 5.74) is -6.14. The first-order valence-corrected chi connectivity index (χ1v) is 11.4. The van der Waals surface area contributed by atoms with Gasteiger partial charge in [-0.1, -0.05) is 34.4 Å². The van der Waals surface area contributed by atoms with E-state index in [9.17, 15) is 79.0 Å². The molecule has 0 atom stereocenters. The smallest absolute Gasteiger partial charge is 0.194 e. The molecule has 0 spiro atoms. The number of alkyl halides is 18. The Balaban J connectivity index is 2.73. The van der Waals surface area contributed by atoms with E-state index in [1.165, 1.54) is 0 Å². The van der Waals surface area contributed by atoms with Crippen molar-refractivity contribution in [3.05, 3.63) is 69.8 Å². The molecule has 2 aromatic carbocycles. The molecular weight excluding hydrogens is 642 g/mol. The van der Waals surface area contributed by atoms with E-state index in [1.807, 2.05) is 0 Å². The van der Waals surface area contributed by atoms with Gasteiger partial charge >= 0.3 is 53.3 Å². The molecule has 0 N–H and O–H groups in total. The molecule has 0 heterocycles. The van der Waals surface area contributed by atoms with Gasteiger partial charge in [-0.3, -0.25) is 0 Å². The highest BCUT2D eigenvalue weighted by molar-refractivity contribution is 5.35.